The summed E-state index contributed by atoms with van der Waals surface area (Å²) in [6, 6.07) is 6.52. The van der Waals surface area contributed by atoms with Crippen molar-refractivity contribution in [3.05, 3.63) is 39.9 Å². The number of aryl methyl sites for hydroxylation is 1. The van der Waals surface area contributed by atoms with Crippen molar-refractivity contribution in [1.82, 2.24) is 15.5 Å². The summed E-state index contributed by atoms with van der Waals surface area (Å²) in [4.78, 5) is 23.7. The topological polar surface area (TPSA) is 84.0 Å². The van der Waals surface area contributed by atoms with Crippen LogP contribution in [0.3, 0.4) is 0 Å². The summed E-state index contributed by atoms with van der Waals surface area (Å²) >= 11 is 7.17. The number of nitrogens with zero attached hydrogens (tertiary/aromatic N) is 2. The zero-order valence-corrected chi connectivity index (χ0v) is 14.2. The van der Waals surface area contributed by atoms with Crippen LogP contribution in [0.1, 0.15) is 35.1 Å². The smallest absolute Gasteiger partial charge is 0.251 e. The van der Waals surface area contributed by atoms with E-state index in [4.69, 9.17) is 11.6 Å². The summed E-state index contributed by atoms with van der Waals surface area (Å²) in [5, 5.41) is 14.9. The first kappa shape index (κ1) is 17.4. The Balaban J connectivity index is 1.80. The van der Waals surface area contributed by atoms with Gasteiger partial charge in [0.15, 0.2) is 0 Å². The molecule has 2 aromatic rings. The van der Waals surface area contributed by atoms with Gasteiger partial charge in [-0.1, -0.05) is 42.3 Å². The Labute approximate surface area is 143 Å². The lowest BCUT2D eigenvalue weighted by Gasteiger charge is -2.05. The second-order valence-electron chi connectivity index (χ2n) is 4.85. The molecular weight excluding hydrogens is 336 g/mol. The zero-order valence-electron chi connectivity index (χ0n) is 12.6. The van der Waals surface area contributed by atoms with Gasteiger partial charge >= 0.3 is 0 Å². The van der Waals surface area contributed by atoms with Crippen LogP contribution < -0.4 is 10.6 Å². The molecule has 23 heavy (non-hydrogen) atoms. The molecule has 0 saturated heterocycles. The number of carbonyl (C=O) groups is 2. The van der Waals surface area contributed by atoms with Crippen molar-refractivity contribution >= 4 is 39.9 Å². The summed E-state index contributed by atoms with van der Waals surface area (Å²) in [5.41, 5.74) is 0.406. The predicted octanol–water partition coefficient (Wildman–Crippen LogP) is 2.90. The van der Waals surface area contributed by atoms with Gasteiger partial charge < -0.3 is 5.32 Å². The lowest BCUT2D eigenvalue weighted by molar-refractivity contribution is -0.115. The molecule has 6 nitrogen and oxygen atoms in total. The first-order valence-corrected chi connectivity index (χ1v) is 8.44. The summed E-state index contributed by atoms with van der Waals surface area (Å²) < 4.78 is 0. The number of unbranched alkanes of at least 4 members (excludes halogenated alkanes) is 1. The molecule has 0 radical (unpaired) electrons. The molecule has 0 atom stereocenters. The fraction of sp³-hybridized carbons (Fsp3) is 0.333. The number of rotatable bonds is 7. The van der Waals surface area contributed by atoms with E-state index in [1.165, 1.54) is 11.3 Å². The van der Waals surface area contributed by atoms with E-state index in [0.717, 1.165) is 24.3 Å². The van der Waals surface area contributed by atoms with E-state index in [-0.39, 0.29) is 18.4 Å². The van der Waals surface area contributed by atoms with Gasteiger partial charge in [0.25, 0.3) is 5.91 Å². The maximum Gasteiger partial charge on any atom is 0.251 e. The van der Waals surface area contributed by atoms with Crippen LogP contribution in [-0.4, -0.2) is 28.6 Å². The molecule has 1 aromatic heterocycles. The number of amides is 2. The highest BCUT2D eigenvalue weighted by molar-refractivity contribution is 7.15. The third-order valence-electron chi connectivity index (χ3n) is 2.95. The Hall–Kier alpha value is -1.99. The van der Waals surface area contributed by atoms with E-state index in [1.807, 2.05) is 0 Å². The Morgan fingerprint density at radius 1 is 1.30 bits per heavy atom. The van der Waals surface area contributed by atoms with E-state index in [9.17, 15) is 9.59 Å². The molecule has 122 valence electrons. The minimum absolute atomic E-state index is 0.144. The second kappa shape index (κ2) is 8.59. The summed E-state index contributed by atoms with van der Waals surface area (Å²) in [6.07, 6.45) is 2.98. The van der Waals surface area contributed by atoms with Crippen molar-refractivity contribution in [2.75, 3.05) is 11.9 Å². The van der Waals surface area contributed by atoms with Gasteiger partial charge in [0.2, 0.25) is 11.0 Å². The Morgan fingerprint density at radius 2 is 2.13 bits per heavy atom. The number of halogens is 1. The zero-order chi connectivity index (χ0) is 16.7. The maximum atomic E-state index is 11.9. The van der Waals surface area contributed by atoms with E-state index in [2.05, 4.69) is 27.8 Å². The molecule has 2 N–H and O–H groups in total. The molecule has 0 unspecified atom stereocenters. The molecule has 2 rings (SSSR count). The summed E-state index contributed by atoms with van der Waals surface area (Å²) in [5.74, 6) is -0.706. The molecule has 0 spiro atoms. The van der Waals surface area contributed by atoms with Crippen LogP contribution in [-0.2, 0) is 11.2 Å². The number of anilines is 1. The molecule has 0 aliphatic rings. The van der Waals surface area contributed by atoms with Gasteiger partial charge in [0.1, 0.15) is 5.01 Å². The molecule has 8 heteroatoms. The van der Waals surface area contributed by atoms with Crippen LogP contribution in [0.25, 0.3) is 0 Å². The van der Waals surface area contributed by atoms with Crippen LogP contribution >= 0.6 is 22.9 Å². The molecule has 2 amide bonds. The summed E-state index contributed by atoms with van der Waals surface area (Å²) in [6.45, 7) is 1.96. The second-order valence-corrected chi connectivity index (χ2v) is 6.34. The van der Waals surface area contributed by atoms with Gasteiger partial charge in [0.05, 0.1) is 6.54 Å². The van der Waals surface area contributed by atoms with E-state index in [0.29, 0.717) is 15.7 Å². The third kappa shape index (κ3) is 5.61. The van der Waals surface area contributed by atoms with E-state index < -0.39 is 0 Å². The minimum Gasteiger partial charge on any atom is -0.343 e. The van der Waals surface area contributed by atoms with Gasteiger partial charge in [0, 0.05) is 17.0 Å². The number of aromatic nitrogens is 2. The highest BCUT2D eigenvalue weighted by Gasteiger charge is 2.11. The SMILES string of the molecule is CCCCc1nnc(NC(=O)CNC(=O)c2cccc(Cl)c2)s1. The van der Waals surface area contributed by atoms with Crippen LogP contribution in [0.5, 0.6) is 0 Å². The highest BCUT2D eigenvalue weighted by atomic mass is 35.5. The molecule has 1 heterocycles. The predicted molar refractivity (Wildman–Crippen MR) is 90.9 cm³/mol. The van der Waals surface area contributed by atoms with Gasteiger partial charge in [-0.15, -0.1) is 10.2 Å². The average Bonchev–Trinajstić information content (AvgIpc) is 2.98. The average molecular weight is 353 g/mol. The number of hydrogen-bond donors (Lipinski definition) is 2. The number of nitrogens with one attached hydrogen (secondary N) is 2. The van der Waals surface area contributed by atoms with Gasteiger partial charge in [-0.25, -0.2) is 0 Å². The van der Waals surface area contributed by atoms with Crippen molar-refractivity contribution in [2.24, 2.45) is 0 Å². The van der Waals surface area contributed by atoms with Crippen LogP contribution in [0.2, 0.25) is 5.02 Å². The molecule has 0 aliphatic carbocycles. The number of hydrogen-bond acceptors (Lipinski definition) is 5. The largest absolute Gasteiger partial charge is 0.343 e. The lowest BCUT2D eigenvalue weighted by atomic mass is 10.2. The number of benzene rings is 1. The molecule has 1 aromatic carbocycles. The maximum absolute atomic E-state index is 11.9. The Kier molecular flexibility index (Phi) is 6.49. The van der Waals surface area contributed by atoms with Crippen molar-refractivity contribution in [2.45, 2.75) is 26.2 Å². The normalized spacial score (nSPS) is 10.3. The molecular formula is C15H17ClN4O2S. The van der Waals surface area contributed by atoms with Crippen molar-refractivity contribution in [1.29, 1.82) is 0 Å². The van der Waals surface area contributed by atoms with Gasteiger partial charge in [-0.3, -0.25) is 14.9 Å². The standard InChI is InChI=1S/C15H17ClN4O2S/c1-2-3-7-13-19-20-15(23-13)18-12(21)9-17-14(22)10-5-4-6-11(16)8-10/h4-6,8H,2-3,7,9H2,1H3,(H,17,22)(H,18,20,21). The third-order valence-corrected chi connectivity index (χ3v) is 4.09. The monoisotopic (exact) mass is 352 g/mol. The first-order chi connectivity index (χ1) is 11.1. The Morgan fingerprint density at radius 3 is 2.87 bits per heavy atom. The lowest BCUT2D eigenvalue weighted by Crippen LogP contribution is -2.32. The molecule has 0 fully saturated rings. The van der Waals surface area contributed by atoms with E-state index >= 15 is 0 Å². The molecule has 0 saturated carbocycles. The van der Waals surface area contributed by atoms with Crippen LogP contribution in [0.15, 0.2) is 24.3 Å². The van der Waals surface area contributed by atoms with Gasteiger partial charge in [-0.05, 0) is 24.6 Å². The highest BCUT2D eigenvalue weighted by Crippen LogP contribution is 2.16. The van der Waals surface area contributed by atoms with E-state index in [1.54, 1.807) is 24.3 Å². The molecule has 0 aliphatic heterocycles. The first-order valence-electron chi connectivity index (χ1n) is 7.24. The summed E-state index contributed by atoms with van der Waals surface area (Å²) in [7, 11) is 0. The van der Waals surface area contributed by atoms with Gasteiger partial charge in [-0.2, -0.15) is 0 Å². The van der Waals surface area contributed by atoms with Crippen LogP contribution in [0.4, 0.5) is 5.13 Å². The quantitative estimate of drug-likeness (QED) is 0.802. The van der Waals surface area contributed by atoms with Crippen molar-refractivity contribution in [3.63, 3.8) is 0 Å². The number of carbonyl (C=O) groups excluding carboxylic acids is 2. The molecule has 0 bridgehead atoms. The fourth-order valence-electron chi connectivity index (χ4n) is 1.79. The van der Waals surface area contributed by atoms with Crippen molar-refractivity contribution < 1.29 is 9.59 Å². The van der Waals surface area contributed by atoms with Crippen molar-refractivity contribution in [3.8, 4) is 0 Å². The fourth-order valence-corrected chi connectivity index (χ4v) is 2.78. The van der Waals surface area contributed by atoms with Crippen LogP contribution in [0, 0.1) is 0 Å². The Bertz CT molecular complexity index is 690. The minimum atomic E-state index is -0.358.